The first-order valence-corrected chi connectivity index (χ1v) is 5.87. The van der Waals surface area contributed by atoms with Gasteiger partial charge in [-0.25, -0.2) is 0 Å². The van der Waals surface area contributed by atoms with Gasteiger partial charge in [0.05, 0.1) is 15.8 Å². The Morgan fingerprint density at radius 2 is 2.12 bits per heavy atom. The normalized spacial score (nSPS) is 15.0. The second-order valence-corrected chi connectivity index (χ2v) is 4.87. The van der Waals surface area contributed by atoms with Crippen molar-refractivity contribution in [2.45, 2.75) is 13.0 Å². The highest BCUT2D eigenvalue weighted by molar-refractivity contribution is 7.15. The Morgan fingerprint density at radius 1 is 1.47 bits per heavy atom. The predicted molar refractivity (Wildman–Crippen MR) is 63.2 cm³/mol. The van der Waals surface area contributed by atoms with Gasteiger partial charge in [-0.05, 0) is 24.6 Å². The maximum absolute atomic E-state index is 11.9. The second kappa shape index (κ2) is 4.57. The molecule has 6 nitrogen and oxygen atoms in total. The molecule has 0 aliphatic carbocycles. The van der Waals surface area contributed by atoms with E-state index in [0.717, 1.165) is 0 Å². The molecule has 0 unspecified atom stereocenters. The van der Waals surface area contributed by atoms with Crippen LogP contribution in [-0.2, 0) is 0 Å². The molecule has 17 heavy (non-hydrogen) atoms. The molecule has 7 heteroatoms. The standard InChI is InChI=1S/C10H10N4O2S/c1-6(15)8-2-3-9(17-8)10(16)14-4-7(5-14)12-13-11/h2-3,7H,4-5H2,1H3. The number of carbonyl (C=O) groups is 2. The number of Topliss-reactive ketones (excluding diaryl/α,β-unsaturated/α-hetero) is 1. The van der Waals surface area contributed by atoms with Crippen molar-refractivity contribution >= 4 is 23.0 Å². The minimum Gasteiger partial charge on any atom is -0.337 e. The Balaban J connectivity index is 2.01. The van der Waals surface area contributed by atoms with Gasteiger partial charge in [-0.1, -0.05) is 5.11 Å². The Morgan fingerprint density at radius 3 is 2.65 bits per heavy atom. The molecule has 0 radical (unpaired) electrons. The fourth-order valence-electron chi connectivity index (χ4n) is 1.57. The van der Waals surface area contributed by atoms with Crippen molar-refractivity contribution in [2.24, 2.45) is 5.11 Å². The van der Waals surface area contributed by atoms with Crippen LogP contribution in [0, 0.1) is 0 Å². The topological polar surface area (TPSA) is 86.1 Å². The summed E-state index contributed by atoms with van der Waals surface area (Å²) in [6, 6.07) is 3.20. The number of carbonyl (C=O) groups excluding carboxylic acids is 2. The van der Waals surface area contributed by atoms with Gasteiger partial charge >= 0.3 is 0 Å². The number of nitrogens with zero attached hydrogens (tertiary/aromatic N) is 4. The van der Waals surface area contributed by atoms with Crippen molar-refractivity contribution in [3.8, 4) is 0 Å². The van der Waals surface area contributed by atoms with Crippen LogP contribution in [0.5, 0.6) is 0 Å². The van der Waals surface area contributed by atoms with E-state index in [0.29, 0.717) is 22.8 Å². The van der Waals surface area contributed by atoms with Gasteiger partial charge in [0.1, 0.15) is 0 Å². The van der Waals surface area contributed by atoms with Crippen LogP contribution in [0.1, 0.15) is 26.3 Å². The van der Waals surface area contributed by atoms with Crippen molar-refractivity contribution in [3.63, 3.8) is 0 Å². The van der Waals surface area contributed by atoms with Crippen LogP contribution in [0.3, 0.4) is 0 Å². The molecule has 0 atom stereocenters. The highest BCUT2D eigenvalue weighted by Gasteiger charge is 2.31. The van der Waals surface area contributed by atoms with Gasteiger partial charge in [0.15, 0.2) is 5.78 Å². The first-order valence-electron chi connectivity index (χ1n) is 5.06. The van der Waals surface area contributed by atoms with Crippen molar-refractivity contribution in [1.29, 1.82) is 0 Å². The fourth-order valence-corrected chi connectivity index (χ4v) is 2.43. The first kappa shape index (κ1) is 11.6. The number of hydrogen-bond acceptors (Lipinski definition) is 4. The van der Waals surface area contributed by atoms with Crippen molar-refractivity contribution in [2.75, 3.05) is 13.1 Å². The summed E-state index contributed by atoms with van der Waals surface area (Å²) in [4.78, 5) is 28.4. The van der Waals surface area contributed by atoms with Crippen molar-refractivity contribution in [3.05, 3.63) is 32.3 Å². The summed E-state index contributed by atoms with van der Waals surface area (Å²) >= 11 is 1.20. The number of thiophene rings is 1. The lowest BCUT2D eigenvalue weighted by Crippen LogP contribution is -2.52. The summed E-state index contributed by atoms with van der Waals surface area (Å²) in [6.45, 7) is 2.38. The number of likely N-dealkylation sites (tertiary alicyclic amines) is 1. The third kappa shape index (κ3) is 2.30. The zero-order valence-corrected chi connectivity index (χ0v) is 9.98. The van der Waals surface area contributed by atoms with Gasteiger partial charge in [-0.3, -0.25) is 9.59 Å². The summed E-state index contributed by atoms with van der Waals surface area (Å²) < 4.78 is 0. The molecule has 1 aliphatic rings. The van der Waals surface area contributed by atoms with Crippen LogP contribution in [0.25, 0.3) is 10.4 Å². The molecule has 1 aromatic heterocycles. The molecule has 0 bridgehead atoms. The lowest BCUT2D eigenvalue weighted by molar-refractivity contribution is 0.0613. The molecular weight excluding hydrogens is 240 g/mol. The Hall–Kier alpha value is -1.85. The average molecular weight is 250 g/mol. The van der Waals surface area contributed by atoms with Gasteiger partial charge in [-0.15, -0.1) is 11.3 Å². The van der Waals surface area contributed by atoms with Crippen molar-refractivity contribution in [1.82, 2.24) is 4.90 Å². The summed E-state index contributed by atoms with van der Waals surface area (Å²) in [7, 11) is 0. The quantitative estimate of drug-likeness (QED) is 0.356. The SMILES string of the molecule is CC(=O)c1ccc(C(=O)N2CC(N=[N+]=[N-])C2)s1. The maximum Gasteiger partial charge on any atom is 0.263 e. The van der Waals surface area contributed by atoms with E-state index in [1.165, 1.54) is 18.3 Å². The van der Waals surface area contributed by atoms with Crippen LogP contribution in [-0.4, -0.2) is 35.7 Å². The smallest absolute Gasteiger partial charge is 0.263 e. The van der Waals surface area contributed by atoms with Crippen molar-refractivity contribution < 1.29 is 9.59 Å². The molecular formula is C10H10N4O2S. The van der Waals surface area contributed by atoms with E-state index in [4.69, 9.17) is 5.53 Å². The molecule has 0 N–H and O–H groups in total. The number of rotatable bonds is 3. The summed E-state index contributed by atoms with van der Waals surface area (Å²) in [5.74, 6) is -0.142. The van der Waals surface area contributed by atoms with E-state index in [-0.39, 0.29) is 17.7 Å². The molecule has 88 valence electrons. The number of azide groups is 1. The van der Waals surface area contributed by atoms with Crippen LogP contribution < -0.4 is 0 Å². The Bertz CT molecular complexity index is 512. The molecule has 2 heterocycles. The monoisotopic (exact) mass is 250 g/mol. The predicted octanol–water partition coefficient (Wildman–Crippen LogP) is 2.09. The Kier molecular flexibility index (Phi) is 3.12. The molecule has 1 amide bonds. The molecule has 0 aromatic carbocycles. The molecule has 0 spiro atoms. The van der Waals surface area contributed by atoms with E-state index in [2.05, 4.69) is 10.0 Å². The van der Waals surface area contributed by atoms with E-state index in [1.54, 1.807) is 17.0 Å². The van der Waals surface area contributed by atoms with Gasteiger partial charge in [-0.2, -0.15) is 0 Å². The summed E-state index contributed by atoms with van der Waals surface area (Å²) in [5, 5.41) is 3.53. The third-order valence-electron chi connectivity index (χ3n) is 2.53. The average Bonchev–Trinajstić information content (AvgIpc) is 2.71. The number of hydrogen-bond donors (Lipinski definition) is 0. The molecule has 1 aromatic rings. The van der Waals surface area contributed by atoms with E-state index in [9.17, 15) is 9.59 Å². The lowest BCUT2D eigenvalue weighted by atomic mass is 10.1. The minimum absolute atomic E-state index is 0.0374. The van der Waals surface area contributed by atoms with E-state index in [1.807, 2.05) is 0 Å². The second-order valence-electron chi connectivity index (χ2n) is 3.79. The zero-order chi connectivity index (χ0) is 12.4. The van der Waals surface area contributed by atoms with Gasteiger partial charge in [0.25, 0.3) is 5.91 Å². The van der Waals surface area contributed by atoms with Crippen LogP contribution in [0.15, 0.2) is 17.2 Å². The summed E-state index contributed by atoms with van der Waals surface area (Å²) in [6.07, 6.45) is 0. The van der Waals surface area contributed by atoms with Crippen LogP contribution in [0.2, 0.25) is 0 Å². The molecule has 1 saturated heterocycles. The highest BCUT2D eigenvalue weighted by Crippen LogP contribution is 2.22. The molecule has 1 fully saturated rings. The Labute approximate surface area is 101 Å². The highest BCUT2D eigenvalue weighted by atomic mass is 32.1. The number of amides is 1. The van der Waals surface area contributed by atoms with E-state index >= 15 is 0 Å². The maximum atomic E-state index is 11.9. The van der Waals surface area contributed by atoms with Gasteiger partial charge in [0.2, 0.25) is 0 Å². The molecule has 0 saturated carbocycles. The minimum atomic E-state index is -0.115. The first-order chi connectivity index (χ1) is 8.11. The third-order valence-corrected chi connectivity index (χ3v) is 3.70. The number of ketones is 1. The molecule has 2 rings (SSSR count). The largest absolute Gasteiger partial charge is 0.337 e. The lowest BCUT2D eigenvalue weighted by Gasteiger charge is -2.36. The molecule has 1 aliphatic heterocycles. The van der Waals surface area contributed by atoms with Crippen LogP contribution >= 0.6 is 11.3 Å². The summed E-state index contributed by atoms with van der Waals surface area (Å²) in [5.41, 5.74) is 8.23. The van der Waals surface area contributed by atoms with Gasteiger partial charge in [0, 0.05) is 18.0 Å². The zero-order valence-electron chi connectivity index (χ0n) is 9.16. The van der Waals surface area contributed by atoms with Gasteiger partial charge < -0.3 is 4.90 Å². The van der Waals surface area contributed by atoms with Crippen LogP contribution in [0.4, 0.5) is 0 Å². The fraction of sp³-hybridized carbons (Fsp3) is 0.400. The van der Waals surface area contributed by atoms with E-state index < -0.39 is 0 Å².